The largest absolute Gasteiger partial charge is 0.465 e. The van der Waals surface area contributed by atoms with Crippen LogP contribution >= 0.6 is 0 Å². The zero-order valence-corrected chi connectivity index (χ0v) is 14.8. The maximum atomic E-state index is 12.5. The summed E-state index contributed by atoms with van der Waals surface area (Å²) in [5.74, 6) is 0.722. The third-order valence-electron chi connectivity index (χ3n) is 3.30. The minimum absolute atomic E-state index is 0.252. The summed E-state index contributed by atoms with van der Waals surface area (Å²) >= 11 is 0. The fourth-order valence-corrected chi connectivity index (χ4v) is 2.12. The van der Waals surface area contributed by atoms with Crippen LogP contribution in [0, 0.1) is 12.8 Å². The number of esters is 1. The molecule has 0 saturated heterocycles. The maximum absolute atomic E-state index is 12.5. The summed E-state index contributed by atoms with van der Waals surface area (Å²) in [6.45, 7) is 6.65. The SMILES string of the molecule is COC(=O)c1cccc(NC(=O)c2cc(NCC(C)C)nc(C)n2)c1. The minimum atomic E-state index is -0.464. The number of aromatic nitrogens is 2. The van der Waals surface area contributed by atoms with Gasteiger partial charge in [0.15, 0.2) is 0 Å². The Morgan fingerprint density at radius 2 is 1.96 bits per heavy atom. The van der Waals surface area contributed by atoms with Gasteiger partial charge in [-0.25, -0.2) is 14.8 Å². The van der Waals surface area contributed by atoms with E-state index >= 15 is 0 Å². The van der Waals surface area contributed by atoms with Crippen molar-refractivity contribution in [1.29, 1.82) is 0 Å². The number of amides is 1. The smallest absolute Gasteiger partial charge is 0.337 e. The molecule has 7 heteroatoms. The number of nitrogens with one attached hydrogen (secondary N) is 2. The molecule has 1 amide bonds. The first kappa shape index (κ1) is 18.4. The van der Waals surface area contributed by atoms with Gasteiger partial charge in [0, 0.05) is 18.3 Å². The molecule has 132 valence electrons. The van der Waals surface area contributed by atoms with Crippen molar-refractivity contribution in [2.24, 2.45) is 5.92 Å². The Labute approximate surface area is 146 Å². The summed E-state index contributed by atoms with van der Waals surface area (Å²) in [5, 5.41) is 5.92. The van der Waals surface area contributed by atoms with Gasteiger partial charge in [-0.05, 0) is 31.0 Å². The third-order valence-corrected chi connectivity index (χ3v) is 3.30. The van der Waals surface area contributed by atoms with E-state index in [1.807, 2.05) is 0 Å². The number of aryl methyl sites for hydroxylation is 1. The number of carbonyl (C=O) groups is 2. The lowest BCUT2D eigenvalue weighted by Crippen LogP contribution is -2.17. The van der Waals surface area contributed by atoms with Crippen LogP contribution in [0.5, 0.6) is 0 Å². The second-order valence-corrected chi connectivity index (χ2v) is 5.99. The summed E-state index contributed by atoms with van der Waals surface area (Å²) in [6.07, 6.45) is 0. The van der Waals surface area contributed by atoms with Crippen molar-refractivity contribution in [3.8, 4) is 0 Å². The zero-order valence-electron chi connectivity index (χ0n) is 14.8. The highest BCUT2D eigenvalue weighted by atomic mass is 16.5. The number of hydrogen-bond donors (Lipinski definition) is 2. The van der Waals surface area contributed by atoms with Crippen LogP contribution in [-0.2, 0) is 4.74 Å². The number of anilines is 2. The summed E-state index contributed by atoms with van der Waals surface area (Å²) in [4.78, 5) is 32.5. The molecular weight excluding hydrogens is 320 g/mol. The molecule has 0 atom stereocenters. The molecule has 0 aliphatic rings. The molecule has 1 heterocycles. The number of methoxy groups -OCH3 is 1. The van der Waals surface area contributed by atoms with Crippen molar-refractivity contribution in [3.63, 3.8) is 0 Å². The van der Waals surface area contributed by atoms with Crippen molar-refractivity contribution in [2.45, 2.75) is 20.8 Å². The van der Waals surface area contributed by atoms with Gasteiger partial charge in [0.05, 0.1) is 12.7 Å². The van der Waals surface area contributed by atoms with E-state index in [0.717, 1.165) is 6.54 Å². The third kappa shape index (κ3) is 5.27. The summed E-state index contributed by atoms with van der Waals surface area (Å²) < 4.78 is 4.68. The van der Waals surface area contributed by atoms with Crippen molar-refractivity contribution in [3.05, 3.63) is 47.4 Å². The fourth-order valence-electron chi connectivity index (χ4n) is 2.12. The molecular formula is C18H22N4O3. The van der Waals surface area contributed by atoms with Crippen LogP contribution in [0.2, 0.25) is 0 Å². The summed E-state index contributed by atoms with van der Waals surface area (Å²) in [5.41, 5.74) is 1.10. The predicted molar refractivity (Wildman–Crippen MR) is 95.8 cm³/mol. The highest BCUT2D eigenvalue weighted by Crippen LogP contribution is 2.14. The van der Waals surface area contributed by atoms with Crippen LogP contribution in [0.3, 0.4) is 0 Å². The van der Waals surface area contributed by atoms with Gasteiger partial charge < -0.3 is 15.4 Å². The normalized spacial score (nSPS) is 10.4. The van der Waals surface area contributed by atoms with Gasteiger partial charge in [0.1, 0.15) is 17.3 Å². The number of nitrogens with zero attached hydrogens (tertiary/aromatic N) is 2. The maximum Gasteiger partial charge on any atom is 0.337 e. The van der Waals surface area contributed by atoms with E-state index in [1.54, 1.807) is 37.3 Å². The Hall–Kier alpha value is -2.96. The Kier molecular flexibility index (Phi) is 6.05. The van der Waals surface area contributed by atoms with Crippen molar-refractivity contribution in [2.75, 3.05) is 24.3 Å². The molecule has 2 rings (SSSR count). The number of rotatable bonds is 6. The Morgan fingerprint density at radius 3 is 2.64 bits per heavy atom. The van der Waals surface area contributed by atoms with Gasteiger partial charge in [-0.2, -0.15) is 0 Å². The highest BCUT2D eigenvalue weighted by Gasteiger charge is 2.12. The fraction of sp³-hybridized carbons (Fsp3) is 0.333. The van der Waals surface area contributed by atoms with Crippen LogP contribution in [0.15, 0.2) is 30.3 Å². The van der Waals surface area contributed by atoms with E-state index in [4.69, 9.17) is 0 Å². The topological polar surface area (TPSA) is 93.2 Å². The Balaban J connectivity index is 2.16. The van der Waals surface area contributed by atoms with Gasteiger partial charge in [-0.1, -0.05) is 19.9 Å². The van der Waals surface area contributed by atoms with E-state index in [1.165, 1.54) is 7.11 Å². The lowest BCUT2D eigenvalue weighted by atomic mass is 10.2. The average Bonchev–Trinajstić information content (AvgIpc) is 2.59. The van der Waals surface area contributed by atoms with Gasteiger partial charge in [0.2, 0.25) is 0 Å². The molecule has 7 nitrogen and oxygen atoms in total. The number of carbonyl (C=O) groups excluding carboxylic acids is 2. The van der Waals surface area contributed by atoms with Crippen LogP contribution < -0.4 is 10.6 Å². The zero-order chi connectivity index (χ0) is 18.4. The van der Waals surface area contributed by atoms with Crippen molar-refractivity contribution < 1.29 is 14.3 Å². The van der Waals surface area contributed by atoms with E-state index < -0.39 is 5.97 Å². The Morgan fingerprint density at radius 1 is 1.20 bits per heavy atom. The molecule has 2 aromatic rings. The monoisotopic (exact) mass is 342 g/mol. The lowest BCUT2D eigenvalue weighted by Gasteiger charge is -2.11. The van der Waals surface area contributed by atoms with Gasteiger partial charge in [-0.3, -0.25) is 4.79 Å². The van der Waals surface area contributed by atoms with Gasteiger partial charge in [0.25, 0.3) is 5.91 Å². The van der Waals surface area contributed by atoms with E-state index in [2.05, 4.69) is 39.2 Å². The van der Waals surface area contributed by atoms with Crippen LogP contribution in [0.1, 0.15) is 40.5 Å². The first-order valence-corrected chi connectivity index (χ1v) is 7.98. The second-order valence-electron chi connectivity index (χ2n) is 5.99. The van der Waals surface area contributed by atoms with Gasteiger partial charge >= 0.3 is 5.97 Å². The van der Waals surface area contributed by atoms with Crippen molar-refractivity contribution in [1.82, 2.24) is 9.97 Å². The molecule has 2 N–H and O–H groups in total. The second kappa shape index (κ2) is 8.23. The molecule has 25 heavy (non-hydrogen) atoms. The molecule has 0 unspecified atom stereocenters. The quantitative estimate of drug-likeness (QED) is 0.784. The first-order chi connectivity index (χ1) is 11.9. The van der Waals surface area contributed by atoms with E-state index in [9.17, 15) is 9.59 Å². The molecule has 0 bridgehead atoms. The van der Waals surface area contributed by atoms with E-state index in [0.29, 0.717) is 28.8 Å². The average molecular weight is 342 g/mol. The standard InChI is InChI=1S/C18H22N4O3/c1-11(2)10-19-16-9-15(20-12(3)21-16)17(23)22-14-7-5-6-13(8-14)18(24)25-4/h5-9,11H,10H2,1-4H3,(H,22,23)(H,19,20,21). The van der Waals surface area contributed by atoms with Crippen molar-refractivity contribution >= 4 is 23.4 Å². The van der Waals surface area contributed by atoms with E-state index in [-0.39, 0.29) is 11.6 Å². The van der Waals surface area contributed by atoms with Crippen LogP contribution in [0.25, 0.3) is 0 Å². The van der Waals surface area contributed by atoms with Crippen LogP contribution in [-0.4, -0.2) is 35.5 Å². The number of benzene rings is 1. The summed E-state index contributed by atoms with van der Waals surface area (Å²) in [7, 11) is 1.31. The molecule has 0 saturated carbocycles. The molecule has 0 spiro atoms. The summed E-state index contributed by atoms with van der Waals surface area (Å²) in [6, 6.07) is 8.13. The molecule has 1 aromatic heterocycles. The Bertz CT molecular complexity index is 775. The minimum Gasteiger partial charge on any atom is -0.465 e. The van der Waals surface area contributed by atoms with Gasteiger partial charge in [-0.15, -0.1) is 0 Å². The molecule has 1 aromatic carbocycles. The number of ether oxygens (including phenoxy) is 1. The predicted octanol–water partition coefficient (Wildman–Crippen LogP) is 2.89. The van der Waals surface area contributed by atoms with Crippen LogP contribution in [0.4, 0.5) is 11.5 Å². The molecule has 0 aliphatic carbocycles. The molecule has 0 aliphatic heterocycles. The highest BCUT2D eigenvalue weighted by molar-refractivity contribution is 6.04. The lowest BCUT2D eigenvalue weighted by molar-refractivity contribution is 0.0600. The first-order valence-electron chi connectivity index (χ1n) is 7.98. The molecule has 0 fully saturated rings. The number of hydrogen-bond acceptors (Lipinski definition) is 6. The molecule has 0 radical (unpaired) electrons.